The van der Waals surface area contributed by atoms with E-state index in [1.165, 1.54) is 0 Å². The summed E-state index contributed by atoms with van der Waals surface area (Å²) >= 11 is 1.11. The number of carbonyl (C=O) groups excluding carboxylic acids is 1. The van der Waals surface area contributed by atoms with Crippen LogP contribution < -0.4 is 5.43 Å². The molecule has 2 N–H and O–H groups in total. The summed E-state index contributed by atoms with van der Waals surface area (Å²) in [5.74, 6) is -2.61. The molecule has 0 spiro atoms. The second-order valence-corrected chi connectivity index (χ2v) is 5.74. The van der Waals surface area contributed by atoms with Crippen molar-refractivity contribution < 1.29 is 32.2 Å². The van der Waals surface area contributed by atoms with Crippen molar-refractivity contribution in [1.82, 2.24) is 4.98 Å². The van der Waals surface area contributed by atoms with Crippen molar-refractivity contribution in [2.75, 3.05) is 12.0 Å². The van der Waals surface area contributed by atoms with E-state index >= 15 is 0 Å². The van der Waals surface area contributed by atoms with E-state index in [1.54, 1.807) is 12.3 Å². The summed E-state index contributed by atoms with van der Waals surface area (Å²) in [5, 5.41) is 15.1. The van der Waals surface area contributed by atoms with Crippen molar-refractivity contribution in [2.24, 2.45) is 5.10 Å². The molecule has 1 heterocycles. The molecule has 0 aliphatic carbocycles. The first-order valence-corrected chi connectivity index (χ1v) is 8.07. The highest BCUT2D eigenvalue weighted by atomic mass is 32.1. The molecule has 6 nitrogen and oxygen atoms in total. The Kier molecular flexibility index (Phi) is 6.14. The Morgan fingerprint density at radius 2 is 2.19 bits per heavy atom. The second-order valence-electron chi connectivity index (χ2n) is 4.88. The summed E-state index contributed by atoms with van der Waals surface area (Å²) in [6.45, 7) is 1.93. The van der Waals surface area contributed by atoms with Crippen molar-refractivity contribution in [1.29, 1.82) is 0 Å². The molecule has 1 aromatic heterocycles. The Hall–Kier alpha value is -2.69. The largest absolute Gasteiger partial charge is 0.507 e. The predicted octanol–water partition coefficient (Wildman–Crippen LogP) is 3.56. The number of rotatable bonds is 6. The zero-order chi connectivity index (χ0) is 19.3. The van der Waals surface area contributed by atoms with Gasteiger partial charge in [0.05, 0.1) is 36.1 Å². The number of ether oxygens (including phenoxy) is 1. The molecule has 0 bridgehead atoms. The molecular weight excluding hydrogens is 378 g/mol. The van der Waals surface area contributed by atoms with E-state index in [1.807, 2.05) is 0 Å². The highest BCUT2D eigenvalue weighted by molar-refractivity contribution is 7.13. The van der Waals surface area contributed by atoms with Crippen LogP contribution in [0.3, 0.4) is 0 Å². The van der Waals surface area contributed by atoms with Crippen LogP contribution in [0.5, 0.6) is 5.75 Å². The number of aromatic hydroxyl groups is 1. The molecule has 11 heteroatoms. The van der Waals surface area contributed by atoms with Crippen molar-refractivity contribution in [3.8, 4) is 5.75 Å². The number of nitrogens with one attached hydrogen (secondary N) is 1. The second kappa shape index (κ2) is 8.13. The molecule has 0 unspecified atom stereocenters. The lowest BCUT2D eigenvalue weighted by atomic mass is 10.1. The van der Waals surface area contributed by atoms with Crippen LogP contribution in [0.2, 0.25) is 0 Å². The fourth-order valence-electron chi connectivity index (χ4n) is 1.85. The molecule has 0 amide bonds. The number of nitrogens with zero attached hydrogens (tertiary/aromatic N) is 2. The van der Waals surface area contributed by atoms with Crippen LogP contribution in [0.1, 0.15) is 23.7 Å². The van der Waals surface area contributed by atoms with Gasteiger partial charge in [0.1, 0.15) is 11.6 Å². The fraction of sp³-hybridized carbons (Fsp3) is 0.267. The molecule has 0 saturated carbocycles. The quantitative estimate of drug-likeness (QED) is 0.341. The average Bonchev–Trinajstić information content (AvgIpc) is 2.96. The van der Waals surface area contributed by atoms with Crippen LogP contribution >= 0.6 is 11.3 Å². The number of anilines is 1. The number of hydrogen-bond acceptors (Lipinski definition) is 7. The molecule has 0 fully saturated rings. The van der Waals surface area contributed by atoms with E-state index in [4.69, 9.17) is 4.74 Å². The van der Waals surface area contributed by atoms with Crippen molar-refractivity contribution in [2.45, 2.75) is 19.5 Å². The molecule has 0 saturated heterocycles. The number of carbonyl (C=O) groups is 1. The normalized spacial score (nSPS) is 11.7. The minimum atomic E-state index is -4.78. The Morgan fingerprint density at radius 1 is 1.46 bits per heavy atom. The molecule has 0 radical (unpaired) electrons. The maximum atomic E-state index is 13.7. The summed E-state index contributed by atoms with van der Waals surface area (Å²) < 4.78 is 56.1. The summed E-state index contributed by atoms with van der Waals surface area (Å²) in [6, 6.07) is 0.674. The van der Waals surface area contributed by atoms with Gasteiger partial charge in [-0.3, -0.25) is 10.2 Å². The van der Waals surface area contributed by atoms with E-state index in [0.717, 1.165) is 17.6 Å². The zero-order valence-electron chi connectivity index (χ0n) is 13.3. The Bertz CT molecular complexity index is 798. The number of hydrazone groups is 1. The number of esters is 1. The lowest BCUT2D eigenvalue weighted by molar-refractivity contribution is -0.142. The van der Waals surface area contributed by atoms with Crippen LogP contribution in [0, 0.1) is 5.82 Å². The molecule has 26 heavy (non-hydrogen) atoms. The topological polar surface area (TPSA) is 83.8 Å². The van der Waals surface area contributed by atoms with Gasteiger partial charge in [0.25, 0.3) is 0 Å². The van der Waals surface area contributed by atoms with E-state index in [9.17, 15) is 27.5 Å². The number of alkyl halides is 3. The molecule has 0 atom stereocenters. The van der Waals surface area contributed by atoms with Crippen molar-refractivity contribution >= 4 is 28.7 Å². The first-order valence-electron chi connectivity index (χ1n) is 7.19. The third-order valence-electron chi connectivity index (χ3n) is 2.97. The number of benzene rings is 1. The number of phenols is 1. The van der Waals surface area contributed by atoms with Gasteiger partial charge in [-0.2, -0.15) is 18.3 Å². The van der Waals surface area contributed by atoms with Crippen molar-refractivity contribution in [3.05, 3.63) is 40.2 Å². The lowest BCUT2D eigenvalue weighted by Gasteiger charge is -2.09. The Morgan fingerprint density at radius 3 is 2.81 bits per heavy atom. The molecule has 0 aliphatic rings. The monoisotopic (exact) mass is 391 g/mol. The van der Waals surface area contributed by atoms with Gasteiger partial charge < -0.3 is 9.84 Å². The average molecular weight is 391 g/mol. The third-order valence-corrected chi connectivity index (χ3v) is 3.77. The maximum Gasteiger partial charge on any atom is 0.416 e. The molecule has 1 aromatic carbocycles. The van der Waals surface area contributed by atoms with Crippen molar-refractivity contribution in [3.63, 3.8) is 0 Å². The zero-order valence-corrected chi connectivity index (χ0v) is 14.1. The van der Waals surface area contributed by atoms with Crippen LogP contribution in [0.25, 0.3) is 0 Å². The Balaban J connectivity index is 2.05. The fourth-order valence-corrected chi connectivity index (χ4v) is 2.51. The van der Waals surface area contributed by atoms with Crippen LogP contribution in [-0.4, -0.2) is 28.9 Å². The number of phenolic OH excluding ortho intramolecular Hbond substituents is 1. The smallest absolute Gasteiger partial charge is 0.416 e. The minimum absolute atomic E-state index is 0.0238. The third kappa shape index (κ3) is 5.15. The van der Waals surface area contributed by atoms with Gasteiger partial charge in [-0.05, 0) is 19.1 Å². The van der Waals surface area contributed by atoms with Crippen LogP contribution in [0.4, 0.5) is 22.7 Å². The van der Waals surface area contributed by atoms with Gasteiger partial charge in [-0.25, -0.2) is 9.37 Å². The van der Waals surface area contributed by atoms with E-state index < -0.39 is 34.8 Å². The molecule has 2 rings (SSSR count). The first kappa shape index (κ1) is 19.6. The number of halogens is 4. The van der Waals surface area contributed by atoms with Crippen LogP contribution in [0.15, 0.2) is 22.6 Å². The van der Waals surface area contributed by atoms with E-state index in [2.05, 4.69) is 15.5 Å². The summed E-state index contributed by atoms with van der Waals surface area (Å²) in [5.41, 5.74) is 1.07. The molecule has 0 aliphatic heterocycles. The molecular formula is C15H13F4N3O3S. The molecule has 140 valence electrons. The highest BCUT2D eigenvalue weighted by Gasteiger charge is 2.32. The highest BCUT2D eigenvalue weighted by Crippen LogP contribution is 2.33. The predicted molar refractivity (Wildman–Crippen MR) is 86.7 cm³/mol. The first-order chi connectivity index (χ1) is 12.2. The van der Waals surface area contributed by atoms with Gasteiger partial charge in [0, 0.05) is 5.38 Å². The van der Waals surface area contributed by atoms with Gasteiger partial charge in [-0.1, -0.05) is 0 Å². The van der Waals surface area contributed by atoms with E-state index in [0.29, 0.717) is 11.8 Å². The summed E-state index contributed by atoms with van der Waals surface area (Å²) in [7, 11) is 0. The summed E-state index contributed by atoms with van der Waals surface area (Å²) in [6.07, 6.45) is -3.97. The lowest BCUT2D eigenvalue weighted by Crippen LogP contribution is -2.07. The van der Waals surface area contributed by atoms with Gasteiger partial charge in [0.2, 0.25) is 5.13 Å². The summed E-state index contributed by atoms with van der Waals surface area (Å²) in [4.78, 5) is 15.4. The van der Waals surface area contributed by atoms with Gasteiger partial charge >= 0.3 is 12.1 Å². The maximum absolute atomic E-state index is 13.7. The SMILES string of the molecule is CCOC(=O)Cc1csc(NN=Cc2c(O)cc(C(F)(F)F)cc2F)n1. The van der Waals surface area contributed by atoms with Gasteiger partial charge in [0.15, 0.2) is 0 Å². The molecule has 2 aromatic rings. The standard InChI is InChI=1S/C15H13F4N3O3S/c1-2-25-13(24)5-9-7-26-14(21-9)22-20-6-10-11(16)3-8(4-12(10)23)15(17,18)19/h3-4,6-7,23H,2,5H2,1H3,(H,21,22). The van der Waals surface area contributed by atoms with Gasteiger partial charge in [-0.15, -0.1) is 11.3 Å². The minimum Gasteiger partial charge on any atom is -0.507 e. The number of aromatic nitrogens is 1. The van der Waals surface area contributed by atoms with E-state index in [-0.39, 0.29) is 24.2 Å². The van der Waals surface area contributed by atoms with Crippen LogP contribution in [-0.2, 0) is 22.1 Å². The number of thiazole rings is 1. The number of hydrogen-bond donors (Lipinski definition) is 2. The Labute approximate surface area is 149 Å².